The molecule has 0 radical (unpaired) electrons. The molecule has 0 N–H and O–H groups in total. The summed E-state index contributed by atoms with van der Waals surface area (Å²) in [6.07, 6.45) is 5.85. The van der Waals surface area contributed by atoms with E-state index >= 15 is 0 Å². The second-order valence-corrected chi connectivity index (χ2v) is 2.40. The van der Waals surface area contributed by atoms with Crippen molar-refractivity contribution in [2.75, 3.05) is 0 Å². The molecule has 10 heavy (non-hydrogen) atoms. The Balaban J connectivity index is 2.88. The zero-order valence-corrected chi connectivity index (χ0v) is 5.78. The van der Waals surface area contributed by atoms with Gasteiger partial charge < -0.3 is 4.40 Å². The largest absolute Gasteiger partial charge is 0.308 e. The van der Waals surface area contributed by atoms with Crippen molar-refractivity contribution in [2.45, 2.75) is 6.92 Å². The monoisotopic (exact) mass is 132 g/mol. The third-order valence-electron chi connectivity index (χ3n) is 1.50. The van der Waals surface area contributed by atoms with Crippen LogP contribution in [0.4, 0.5) is 0 Å². The third kappa shape index (κ3) is 0.692. The van der Waals surface area contributed by atoms with Gasteiger partial charge in [0.05, 0.1) is 0 Å². The zero-order valence-electron chi connectivity index (χ0n) is 5.78. The van der Waals surface area contributed by atoms with Gasteiger partial charge in [0.25, 0.3) is 0 Å². The average Bonchev–Trinajstić information content (AvgIpc) is 2.27. The second-order valence-electron chi connectivity index (χ2n) is 2.40. The van der Waals surface area contributed by atoms with E-state index in [2.05, 4.69) is 24.2 Å². The summed E-state index contributed by atoms with van der Waals surface area (Å²) in [7, 11) is 0. The maximum atomic E-state index is 4.16. The van der Waals surface area contributed by atoms with E-state index < -0.39 is 0 Å². The summed E-state index contributed by atoms with van der Waals surface area (Å²) < 4.78 is 2.01. The lowest BCUT2D eigenvalue weighted by atomic mass is 10.4. The minimum Gasteiger partial charge on any atom is -0.308 e. The summed E-state index contributed by atoms with van der Waals surface area (Å²) >= 11 is 0. The fourth-order valence-corrected chi connectivity index (χ4v) is 1.07. The number of rotatable bonds is 0. The van der Waals surface area contributed by atoms with E-state index in [1.54, 1.807) is 6.20 Å². The van der Waals surface area contributed by atoms with E-state index in [1.807, 2.05) is 16.7 Å². The Morgan fingerprint density at radius 2 is 2.40 bits per heavy atom. The van der Waals surface area contributed by atoms with Crippen molar-refractivity contribution in [3.05, 3.63) is 36.3 Å². The fourth-order valence-electron chi connectivity index (χ4n) is 1.07. The first-order valence-electron chi connectivity index (χ1n) is 3.25. The molecule has 2 aromatic rings. The summed E-state index contributed by atoms with van der Waals surface area (Å²) in [6, 6.07) is 3.98. The first-order chi connectivity index (χ1) is 4.86. The van der Waals surface area contributed by atoms with E-state index in [1.165, 1.54) is 5.56 Å². The maximum absolute atomic E-state index is 4.16. The number of nitrogens with zero attached hydrogens (tertiary/aromatic N) is 2. The van der Waals surface area contributed by atoms with Gasteiger partial charge in [0, 0.05) is 18.6 Å². The van der Waals surface area contributed by atoms with Crippen molar-refractivity contribution >= 4 is 5.65 Å². The molecule has 2 nitrogen and oxygen atoms in total. The summed E-state index contributed by atoms with van der Waals surface area (Å²) in [4.78, 5) is 4.16. The molecular formula is C8H8N2. The van der Waals surface area contributed by atoms with Crippen LogP contribution in [0.1, 0.15) is 5.56 Å². The van der Waals surface area contributed by atoms with Crippen molar-refractivity contribution < 1.29 is 0 Å². The van der Waals surface area contributed by atoms with E-state index in [-0.39, 0.29) is 0 Å². The van der Waals surface area contributed by atoms with Crippen LogP contribution in [0.3, 0.4) is 0 Å². The standard InChI is InChI=1S/C8H8N2/c1-7-5-8-9-3-2-4-10(8)6-7/h2-6H,1H3. The Hall–Kier alpha value is -1.31. The van der Waals surface area contributed by atoms with Gasteiger partial charge in [0.1, 0.15) is 5.65 Å². The average molecular weight is 132 g/mol. The van der Waals surface area contributed by atoms with Crippen LogP contribution >= 0.6 is 0 Å². The molecule has 0 unspecified atom stereocenters. The van der Waals surface area contributed by atoms with Gasteiger partial charge in [-0.1, -0.05) is 0 Å². The molecule has 2 heteroatoms. The summed E-state index contributed by atoms with van der Waals surface area (Å²) in [5.41, 5.74) is 2.26. The van der Waals surface area contributed by atoms with Crippen LogP contribution in [-0.4, -0.2) is 9.38 Å². The van der Waals surface area contributed by atoms with Gasteiger partial charge in [-0.15, -0.1) is 0 Å². The molecule has 0 amide bonds. The highest BCUT2D eigenvalue weighted by molar-refractivity contribution is 5.41. The van der Waals surface area contributed by atoms with Crippen molar-refractivity contribution in [3.63, 3.8) is 0 Å². The zero-order chi connectivity index (χ0) is 6.97. The summed E-state index contributed by atoms with van der Waals surface area (Å²) in [5.74, 6) is 0. The molecule has 0 aromatic carbocycles. The molecular weight excluding hydrogens is 124 g/mol. The minimum atomic E-state index is 1.01. The number of hydrogen-bond acceptors (Lipinski definition) is 1. The molecule has 0 aliphatic heterocycles. The van der Waals surface area contributed by atoms with Gasteiger partial charge in [0.2, 0.25) is 0 Å². The number of fused-ring (bicyclic) bond motifs is 1. The summed E-state index contributed by atoms with van der Waals surface area (Å²) in [6.45, 7) is 2.06. The minimum absolute atomic E-state index is 1.01. The number of aromatic nitrogens is 2. The lowest BCUT2D eigenvalue weighted by Gasteiger charge is -1.87. The molecule has 0 bridgehead atoms. The molecule has 2 rings (SSSR count). The maximum Gasteiger partial charge on any atom is 0.136 e. The SMILES string of the molecule is Cc1cc2ncccn2c1. The van der Waals surface area contributed by atoms with Crippen LogP contribution < -0.4 is 0 Å². The van der Waals surface area contributed by atoms with Crippen molar-refractivity contribution in [1.29, 1.82) is 0 Å². The highest BCUT2D eigenvalue weighted by Crippen LogP contribution is 2.03. The van der Waals surface area contributed by atoms with Gasteiger partial charge in [0.15, 0.2) is 0 Å². The topological polar surface area (TPSA) is 17.3 Å². The molecule has 0 spiro atoms. The lowest BCUT2D eigenvalue weighted by molar-refractivity contribution is 1.13. The van der Waals surface area contributed by atoms with Gasteiger partial charge in [-0.25, -0.2) is 4.98 Å². The normalized spacial score (nSPS) is 10.5. The second kappa shape index (κ2) is 1.84. The summed E-state index contributed by atoms with van der Waals surface area (Å²) in [5, 5.41) is 0. The van der Waals surface area contributed by atoms with Crippen LogP contribution in [-0.2, 0) is 0 Å². The van der Waals surface area contributed by atoms with Crippen LogP contribution in [0.15, 0.2) is 30.7 Å². The smallest absolute Gasteiger partial charge is 0.136 e. The number of aryl methyl sites for hydroxylation is 1. The molecule has 0 fully saturated rings. The predicted molar refractivity (Wildman–Crippen MR) is 39.9 cm³/mol. The highest BCUT2D eigenvalue weighted by atomic mass is 14.9. The van der Waals surface area contributed by atoms with Crippen LogP contribution in [0.25, 0.3) is 5.65 Å². The predicted octanol–water partition coefficient (Wildman–Crippen LogP) is 1.64. The highest BCUT2D eigenvalue weighted by Gasteiger charge is 1.91. The first kappa shape index (κ1) is 5.47. The molecule has 0 atom stereocenters. The van der Waals surface area contributed by atoms with E-state index in [9.17, 15) is 0 Å². The molecule has 2 aromatic heterocycles. The van der Waals surface area contributed by atoms with E-state index in [0.29, 0.717) is 0 Å². The van der Waals surface area contributed by atoms with Crippen molar-refractivity contribution in [1.82, 2.24) is 9.38 Å². The van der Waals surface area contributed by atoms with Gasteiger partial charge in [-0.05, 0) is 24.6 Å². The van der Waals surface area contributed by atoms with E-state index in [4.69, 9.17) is 0 Å². The molecule has 50 valence electrons. The Bertz CT molecular complexity index is 316. The molecule has 0 saturated carbocycles. The number of hydrogen-bond donors (Lipinski definition) is 0. The van der Waals surface area contributed by atoms with Crippen LogP contribution in [0.2, 0.25) is 0 Å². The van der Waals surface area contributed by atoms with Gasteiger partial charge in [-0.2, -0.15) is 0 Å². The third-order valence-corrected chi connectivity index (χ3v) is 1.50. The van der Waals surface area contributed by atoms with E-state index in [0.717, 1.165) is 5.65 Å². The Kier molecular flexibility index (Phi) is 1.01. The van der Waals surface area contributed by atoms with Gasteiger partial charge >= 0.3 is 0 Å². The Morgan fingerprint density at radius 1 is 1.50 bits per heavy atom. The Labute approximate surface area is 59.1 Å². The molecule has 0 saturated heterocycles. The quantitative estimate of drug-likeness (QED) is 0.532. The lowest BCUT2D eigenvalue weighted by Crippen LogP contribution is -1.80. The molecule has 0 aliphatic rings. The molecule has 2 heterocycles. The Morgan fingerprint density at radius 3 is 3.20 bits per heavy atom. The van der Waals surface area contributed by atoms with Gasteiger partial charge in [-0.3, -0.25) is 0 Å². The van der Waals surface area contributed by atoms with Crippen LogP contribution in [0, 0.1) is 6.92 Å². The fraction of sp³-hybridized carbons (Fsp3) is 0.125. The van der Waals surface area contributed by atoms with Crippen molar-refractivity contribution in [3.8, 4) is 0 Å². The molecule has 0 aliphatic carbocycles. The first-order valence-corrected chi connectivity index (χ1v) is 3.25. The van der Waals surface area contributed by atoms with Crippen LogP contribution in [0.5, 0.6) is 0 Å². The van der Waals surface area contributed by atoms with Crippen molar-refractivity contribution in [2.24, 2.45) is 0 Å².